The van der Waals surface area contributed by atoms with Gasteiger partial charge in [-0.15, -0.1) is 0 Å². The second-order valence-corrected chi connectivity index (χ2v) is 7.72. The first-order chi connectivity index (χ1) is 13.2. The van der Waals surface area contributed by atoms with Gasteiger partial charge in [-0.05, 0) is 55.7 Å². The summed E-state index contributed by atoms with van der Waals surface area (Å²) in [6.07, 6.45) is -0.788. The van der Waals surface area contributed by atoms with Crippen molar-refractivity contribution >= 4 is 40.7 Å². The van der Waals surface area contributed by atoms with Crippen LogP contribution in [0.25, 0.3) is 0 Å². The Hall–Kier alpha value is -2.24. The lowest BCUT2D eigenvalue weighted by Crippen LogP contribution is -2.30. The molecule has 28 heavy (non-hydrogen) atoms. The molecule has 1 atom stereocenters. The largest absolute Gasteiger partial charge is 0.479 e. The van der Waals surface area contributed by atoms with Crippen molar-refractivity contribution in [2.24, 2.45) is 5.92 Å². The Labute approximate surface area is 175 Å². The summed E-state index contributed by atoms with van der Waals surface area (Å²) in [6.45, 7) is 8.12. The number of amides is 2. The zero-order valence-corrected chi connectivity index (χ0v) is 17.8. The van der Waals surface area contributed by atoms with Crippen LogP contribution in [0.3, 0.4) is 0 Å². The molecule has 0 aliphatic rings. The Kier molecular flexibility index (Phi) is 7.72. The van der Waals surface area contributed by atoms with Crippen molar-refractivity contribution in [3.05, 3.63) is 57.6 Å². The van der Waals surface area contributed by atoms with Crippen LogP contribution in [0.1, 0.15) is 36.7 Å². The maximum atomic E-state index is 12.5. The zero-order chi connectivity index (χ0) is 20.8. The van der Waals surface area contributed by atoms with E-state index in [-0.39, 0.29) is 16.8 Å². The molecule has 0 aliphatic heterocycles. The summed E-state index contributed by atoms with van der Waals surface area (Å²) >= 11 is 12.1. The number of anilines is 1. The van der Waals surface area contributed by atoms with E-state index in [4.69, 9.17) is 27.9 Å². The van der Waals surface area contributed by atoms with Gasteiger partial charge < -0.3 is 15.4 Å². The minimum absolute atomic E-state index is 0.137. The number of halogens is 2. The zero-order valence-electron chi connectivity index (χ0n) is 16.3. The molecular formula is C21H24Cl2N2O3. The van der Waals surface area contributed by atoms with Crippen molar-refractivity contribution in [3.8, 4) is 5.75 Å². The average Bonchev–Trinajstić information content (AvgIpc) is 2.64. The number of aryl methyl sites for hydroxylation is 1. The van der Waals surface area contributed by atoms with Crippen LogP contribution in [0.15, 0.2) is 36.4 Å². The summed E-state index contributed by atoms with van der Waals surface area (Å²) in [4.78, 5) is 24.6. The number of carbonyl (C=O) groups excluding carboxylic acids is 2. The minimum atomic E-state index is -0.788. The molecule has 150 valence electrons. The monoisotopic (exact) mass is 422 g/mol. The first kappa shape index (κ1) is 22.1. The Balaban J connectivity index is 2.03. The number of benzene rings is 2. The topological polar surface area (TPSA) is 67.4 Å². The normalized spacial score (nSPS) is 11.8. The predicted octanol–water partition coefficient (Wildman–Crippen LogP) is 5.09. The van der Waals surface area contributed by atoms with Crippen molar-refractivity contribution in [1.29, 1.82) is 0 Å². The molecule has 0 heterocycles. The summed E-state index contributed by atoms with van der Waals surface area (Å²) in [5.74, 6) is 0.238. The molecule has 1 unspecified atom stereocenters. The third-order valence-corrected chi connectivity index (χ3v) is 4.81. The molecule has 2 aromatic carbocycles. The van der Waals surface area contributed by atoms with Crippen LogP contribution in [0.5, 0.6) is 5.75 Å². The van der Waals surface area contributed by atoms with Gasteiger partial charge in [0.15, 0.2) is 6.10 Å². The van der Waals surface area contributed by atoms with Crippen LogP contribution in [-0.4, -0.2) is 24.5 Å². The fraction of sp³-hybridized carbons (Fsp3) is 0.333. The lowest BCUT2D eigenvalue weighted by molar-refractivity contribution is -0.122. The van der Waals surface area contributed by atoms with Crippen LogP contribution in [0.4, 0.5) is 5.69 Å². The first-order valence-electron chi connectivity index (χ1n) is 8.99. The summed E-state index contributed by atoms with van der Waals surface area (Å²) < 4.78 is 5.62. The highest BCUT2D eigenvalue weighted by molar-refractivity contribution is 6.42. The van der Waals surface area contributed by atoms with Gasteiger partial charge in [-0.3, -0.25) is 9.59 Å². The molecule has 0 aliphatic carbocycles. The highest BCUT2D eigenvalue weighted by Crippen LogP contribution is 2.32. The number of carbonyl (C=O) groups is 2. The van der Waals surface area contributed by atoms with E-state index in [1.165, 1.54) is 0 Å². The molecule has 0 saturated carbocycles. The van der Waals surface area contributed by atoms with E-state index in [9.17, 15) is 9.59 Å². The summed E-state index contributed by atoms with van der Waals surface area (Å²) in [5, 5.41) is 6.30. The number of ether oxygens (including phenoxy) is 1. The third kappa shape index (κ3) is 5.88. The van der Waals surface area contributed by atoms with E-state index in [1.54, 1.807) is 43.3 Å². The van der Waals surface area contributed by atoms with E-state index < -0.39 is 6.10 Å². The quantitative estimate of drug-likeness (QED) is 0.652. The van der Waals surface area contributed by atoms with Gasteiger partial charge in [-0.2, -0.15) is 0 Å². The van der Waals surface area contributed by atoms with Gasteiger partial charge in [-0.1, -0.05) is 43.1 Å². The molecule has 5 nitrogen and oxygen atoms in total. The van der Waals surface area contributed by atoms with Gasteiger partial charge in [0.1, 0.15) is 10.8 Å². The average molecular weight is 423 g/mol. The molecular weight excluding hydrogens is 399 g/mol. The van der Waals surface area contributed by atoms with Crippen LogP contribution in [0, 0.1) is 12.8 Å². The number of rotatable bonds is 7. The maximum absolute atomic E-state index is 12.5. The van der Waals surface area contributed by atoms with Gasteiger partial charge in [0, 0.05) is 17.8 Å². The molecule has 2 N–H and O–H groups in total. The molecule has 2 aromatic rings. The second kappa shape index (κ2) is 9.80. The van der Waals surface area contributed by atoms with Crippen LogP contribution >= 0.6 is 23.2 Å². The number of hydrogen-bond acceptors (Lipinski definition) is 3. The van der Waals surface area contributed by atoms with Gasteiger partial charge in [-0.25, -0.2) is 0 Å². The van der Waals surface area contributed by atoms with Gasteiger partial charge in [0.05, 0.1) is 5.02 Å². The lowest BCUT2D eigenvalue weighted by Gasteiger charge is -2.17. The molecule has 0 aromatic heterocycles. The molecule has 2 rings (SSSR count). The molecule has 0 saturated heterocycles. The van der Waals surface area contributed by atoms with Crippen molar-refractivity contribution in [2.45, 2.75) is 33.8 Å². The second-order valence-electron chi connectivity index (χ2n) is 6.93. The van der Waals surface area contributed by atoms with Crippen LogP contribution < -0.4 is 15.4 Å². The van der Waals surface area contributed by atoms with E-state index in [0.29, 0.717) is 34.5 Å². The number of hydrogen-bond donors (Lipinski definition) is 2. The van der Waals surface area contributed by atoms with Gasteiger partial charge in [0.2, 0.25) is 0 Å². The van der Waals surface area contributed by atoms with Crippen LogP contribution in [-0.2, 0) is 4.79 Å². The van der Waals surface area contributed by atoms with Crippen LogP contribution in [0.2, 0.25) is 10.0 Å². The first-order valence-corrected chi connectivity index (χ1v) is 9.75. The fourth-order valence-corrected chi connectivity index (χ4v) is 2.73. The Bertz CT molecular complexity index is 869. The SMILES string of the molecule is Cc1cc(C(=O)NCC(C)C)ccc1NC(=O)C(C)Oc1cccc(Cl)c1Cl. The van der Waals surface area contributed by atoms with Crippen molar-refractivity contribution in [1.82, 2.24) is 5.32 Å². The van der Waals surface area contributed by atoms with E-state index in [1.807, 2.05) is 20.8 Å². The Morgan fingerprint density at radius 1 is 1.11 bits per heavy atom. The summed E-state index contributed by atoms with van der Waals surface area (Å²) in [5.41, 5.74) is 1.93. The van der Waals surface area contributed by atoms with Crippen molar-refractivity contribution in [3.63, 3.8) is 0 Å². The molecule has 0 fully saturated rings. The predicted molar refractivity (Wildman–Crippen MR) is 114 cm³/mol. The molecule has 0 spiro atoms. The van der Waals surface area contributed by atoms with E-state index >= 15 is 0 Å². The van der Waals surface area contributed by atoms with Gasteiger partial charge >= 0.3 is 0 Å². The molecule has 0 bridgehead atoms. The summed E-state index contributed by atoms with van der Waals surface area (Å²) in [7, 11) is 0. The Morgan fingerprint density at radius 3 is 2.46 bits per heavy atom. The summed E-state index contributed by atoms with van der Waals surface area (Å²) in [6, 6.07) is 10.1. The molecule has 7 heteroatoms. The van der Waals surface area contributed by atoms with Crippen molar-refractivity contribution < 1.29 is 14.3 Å². The Morgan fingerprint density at radius 2 is 1.82 bits per heavy atom. The standard InChI is InChI=1S/C21H24Cl2N2O3/c1-12(2)11-24-21(27)15-8-9-17(13(3)10-15)25-20(26)14(4)28-18-7-5-6-16(22)19(18)23/h5-10,12,14H,11H2,1-4H3,(H,24,27)(H,25,26). The molecule has 2 amide bonds. The van der Waals surface area contributed by atoms with Crippen molar-refractivity contribution in [2.75, 3.05) is 11.9 Å². The van der Waals surface area contributed by atoms with E-state index in [2.05, 4.69) is 10.6 Å². The maximum Gasteiger partial charge on any atom is 0.265 e. The number of nitrogens with one attached hydrogen (secondary N) is 2. The lowest BCUT2D eigenvalue weighted by atomic mass is 10.1. The highest BCUT2D eigenvalue weighted by atomic mass is 35.5. The van der Waals surface area contributed by atoms with E-state index in [0.717, 1.165) is 5.56 Å². The highest BCUT2D eigenvalue weighted by Gasteiger charge is 2.18. The third-order valence-electron chi connectivity index (χ3n) is 4.01. The van der Waals surface area contributed by atoms with Gasteiger partial charge in [0.25, 0.3) is 11.8 Å². The smallest absolute Gasteiger partial charge is 0.265 e. The fourth-order valence-electron chi connectivity index (χ4n) is 2.40. The molecule has 0 radical (unpaired) electrons. The minimum Gasteiger partial charge on any atom is -0.479 e.